The molecular weight excluding hydrogens is 368 g/mol. The van der Waals surface area contributed by atoms with Gasteiger partial charge in [-0.05, 0) is 52.9 Å². The molecule has 1 amide bonds. The van der Waals surface area contributed by atoms with Crippen molar-refractivity contribution in [3.8, 4) is 0 Å². The number of halogens is 1. The molecule has 22 heavy (non-hydrogen) atoms. The molecule has 7 heteroatoms. The van der Waals surface area contributed by atoms with E-state index in [0.29, 0.717) is 24.6 Å². The van der Waals surface area contributed by atoms with Crippen molar-refractivity contribution in [2.24, 2.45) is 5.92 Å². The topological polar surface area (TPSA) is 66.5 Å². The van der Waals surface area contributed by atoms with Gasteiger partial charge in [-0.25, -0.2) is 8.42 Å². The zero-order chi connectivity index (χ0) is 16.9. The Kier molecular flexibility index (Phi) is 7.02. The molecule has 0 bridgehead atoms. The van der Waals surface area contributed by atoms with Crippen LogP contribution < -0.4 is 5.32 Å². The van der Waals surface area contributed by atoms with Gasteiger partial charge in [0, 0.05) is 11.0 Å². The number of anilines is 1. The Bertz CT molecular complexity index is 630. The van der Waals surface area contributed by atoms with Gasteiger partial charge in [0.2, 0.25) is 15.9 Å². The molecule has 0 saturated carbocycles. The van der Waals surface area contributed by atoms with Crippen LogP contribution in [0.2, 0.25) is 0 Å². The molecule has 0 aliphatic rings. The molecule has 0 heterocycles. The summed E-state index contributed by atoms with van der Waals surface area (Å²) in [7, 11) is -3.40. The van der Waals surface area contributed by atoms with Crippen LogP contribution in [0, 0.1) is 12.8 Å². The van der Waals surface area contributed by atoms with Crippen LogP contribution in [0.1, 0.15) is 25.8 Å². The van der Waals surface area contributed by atoms with Crippen LogP contribution in [0.25, 0.3) is 0 Å². The molecule has 0 aliphatic heterocycles. The molecule has 0 saturated heterocycles. The number of nitrogens with zero attached hydrogens (tertiary/aromatic N) is 1. The fourth-order valence-corrected chi connectivity index (χ4v) is 3.22. The van der Waals surface area contributed by atoms with E-state index in [9.17, 15) is 13.2 Å². The smallest absolute Gasteiger partial charge is 0.239 e. The largest absolute Gasteiger partial charge is 0.324 e. The van der Waals surface area contributed by atoms with Crippen LogP contribution in [0.5, 0.6) is 0 Å². The predicted octanol–water partition coefficient (Wildman–Crippen LogP) is 3.00. The van der Waals surface area contributed by atoms with E-state index < -0.39 is 10.0 Å². The van der Waals surface area contributed by atoms with Crippen molar-refractivity contribution < 1.29 is 13.2 Å². The second-order valence-corrected chi connectivity index (χ2v) is 8.65. The van der Waals surface area contributed by atoms with Gasteiger partial charge in [-0.1, -0.05) is 19.9 Å². The molecule has 0 aromatic heterocycles. The Morgan fingerprint density at radius 3 is 2.50 bits per heavy atom. The molecule has 1 N–H and O–H groups in total. The number of sulfonamides is 1. The van der Waals surface area contributed by atoms with Gasteiger partial charge in [-0.15, -0.1) is 0 Å². The minimum Gasteiger partial charge on any atom is -0.324 e. The Morgan fingerprint density at radius 1 is 1.36 bits per heavy atom. The number of carbonyl (C=O) groups is 1. The lowest BCUT2D eigenvalue weighted by atomic mass is 10.1. The van der Waals surface area contributed by atoms with Crippen LogP contribution in [0.15, 0.2) is 22.7 Å². The maximum absolute atomic E-state index is 12.1. The minimum atomic E-state index is -3.40. The average Bonchev–Trinajstić information content (AvgIpc) is 2.36. The lowest BCUT2D eigenvalue weighted by Crippen LogP contribution is -2.38. The maximum atomic E-state index is 12.1. The highest BCUT2D eigenvalue weighted by atomic mass is 79.9. The van der Waals surface area contributed by atoms with Crippen LogP contribution >= 0.6 is 15.9 Å². The highest BCUT2D eigenvalue weighted by molar-refractivity contribution is 9.10. The zero-order valence-electron chi connectivity index (χ0n) is 13.4. The quantitative estimate of drug-likeness (QED) is 0.777. The highest BCUT2D eigenvalue weighted by Crippen LogP contribution is 2.23. The first-order valence-electron chi connectivity index (χ1n) is 7.10. The second-order valence-electron chi connectivity index (χ2n) is 5.81. The van der Waals surface area contributed by atoms with Crippen molar-refractivity contribution in [1.29, 1.82) is 0 Å². The number of hydrogen-bond acceptors (Lipinski definition) is 3. The van der Waals surface area contributed by atoms with E-state index in [1.807, 2.05) is 32.9 Å². The highest BCUT2D eigenvalue weighted by Gasteiger charge is 2.20. The number of nitrogens with one attached hydrogen (secondary N) is 1. The number of hydrogen-bond donors (Lipinski definition) is 1. The van der Waals surface area contributed by atoms with Crippen LogP contribution in [-0.2, 0) is 14.8 Å². The Balaban J connectivity index is 2.74. The van der Waals surface area contributed by atoms with E-state index >= 15 is 0 Å². The van der Waals surface area contributed by atoms with Gasteiger partial charge in [0.25, 0.3) is 0 Å². The maximum Gasteiger partial charge on any atom is 0.239 e. The average molecular weight is 391 g/mol. The van der Waals surface area contributed by atoms with E-state index in [1.165, 1.54) is 4.31 Å². The number of amides is 1. The summed E-state index contributed by atoms with van der Waals surface area (Å²) in [4.78, 5) is 12.1. The minimum absolute atomic E-state index is 0.175. The van der Waals surface area contributed by atoms with E-state index in [4.69, 9.17) is 0 Å². The zero-order valence-corrected chi connectivity index (χ0v) is 15.8. The summed E-state index contributed by atoms with van der Waals surface area (Å²) < 4.78 is 25.5. The summed E-state index contributed by atoms with van der Waals surface area (Å²) in [5, 5.41) is 2.74. The molecule has 0 unspecified atom stereocenters. The molecule has 0 spiro atoms. The fourth-order valence-electron chi connectivity index (χ4n) is 1.84. The predicted molar refractivity (Wildman–Crippen MR) is 93.4 cm³/mol. The lowest BCUT2D eigenvalue weighted by molar-refractivity contribution is -0.116. The number of rotatable bonds is 7. The van der Waals surface area contributed by atoms with Crippen molar-refractivity contribution in [2.75, 3.05) is 24.7 Å². The Labute approximate surface area is 141 Å². The first-order chi connectivity index (χ1) is 10.1. The molecule has 1 aromatic rings. The van der Waals surface area contributed by atoms with Gasteiger partial charge in [0.1, 0.15) is 0 Å². The molecular formula is C15H23BrN2O3S. The third kappa shape index (κ3) is 6.46. The summed E-state index contributed by atoms with van der Waals surface area (Å²) in [6.45, 7) is 6.16. The van der Waals surface area contributed by atoms with Crippen LogP contribution in [0.4, 0.5) is 5.69 Å². The van der Waals surface area contributed by atoms with E-state index in [1.54, 1.807) is 6.07 Å². The lowest BCUT2D eigenvalue weighted by Gasteiger charge is -2.20. The van der Waals surface area contributed by atoms with E-state index in [0.717, 1.165) is 16.3 Å². The first-order valence-corrected chi connectivity index (χ1v) is 9.75. The fraction of sp³-hybridized carbons (Fsp3) is 0.533. The number of carbonyl (C=O) groups excluding carboxylic acids is 1. The molecule has 1 aromatic carbocycles. The summed E-state index contributed by atoms with van der Waals surface area (Å²) in [6.07, 6.45) is 1.84. The molecule has 5 nitrogen and oxygen atoms in total. The molecule has 0 atom stereocenters. The van der Waals surface area contributed by atoms with Gasteiger partial charge < -0.3 is 5.32 Å². The molecule has 0 radical (unpaired) electrons. The molecule has 124 valence electrons. The summed E-state index contributed by atoms with van der Waals surface area (Å²) in [5.74, 6) is 0.0253. The SMILES string of the molecule is Cc1ccc(NC(=O)CN(CCC(C)C)S(C)(=O)=O)c(Br)c1. The number of benzene rings is 1. The second kappa shape index (κ2) is 8.08. The third-order valence-corrected chi connectivity index (χ3v) is 5.05. The van der Waals surface area contributed by atoms with Crippen molar-refractivity contribution in [3.63, 3.8) is 0 Å². The normalized spacial score (nSPS) is 12.0. The van der Waals surface area contributed by atoms with Gasteiger partial charge in [0.15, 0.2) is 0 Å². The van der Waals surface area contributed by atoms with Crippen molar-refractivity contribution in [2.45, 2.75) is 27.2 Å². The molecule has 0 aliphatic carbocycles. The Hall–Kier alpha value is -0.920. The van der Waals surface area contributed by atoms with Gasteiger partial charge >= 0.3 is 0 Å². The van der Waals surface area contributed by atoms with Crippen LogP contribution in [-0.4, -0.2) is 38.0 Å². The van der Waals surface area contributed by atoms with Crippen molar-refractivity contribution in [1.82, 2.24) is 4.31 Å². The molecule has 1 rings (SSSR count). The van der Waals surface area contributed by atoms with Crippen molar-refractivity contribution in [3.05, 3.63) is 28.2 Å². The van der Waals surface area contributed by atoms with E-state index in [2.05, 4.69) is 21.2 Å². The third-order valence-electron chi connectivity index (χ3n) is 3.14. The van der Waals surface area contributed by atoms with Gasteiger partial charge in [0.05, 0.1) is 18.5 Å². The van der Waals surface area contributed by atoms with Crippen molar-refractivity contribution >= 4 is 37.5 Å². The first kappa shape index (κ1) is 19.1. The summed E-state index contributed by atoms with van der Waals surface area (Å²) in [5.41, 5.74) is 1.70. The van der Waals surface area contributed by atoms with Gasteiger partial charge in [-0.2, -0.15) is 4.31 Å². The van der Waals surface area contributed by atoms with Crippen LogP contribution in [0.3, 0.4) is 0 Å². The standard InChI is InChI=1S/C15H23BrN2O3S/c1-11(2)7-8-18(22(4,20)21)10-15(19)17-14-6-5-12(3)9-13(14)16/h5-6,9,11H,7-8,10H2,1-4H3,(H,17,19). The van der Waals surface area contributed by atoms with E-state index in [-0.39, 0.29) is 12.5 Å². The van der Waals surface area contributed by atoms with Gasteiger partial charge in [-0.3, -0.25) is 4.79 Å². The Morgan fingerprint density at radius 2 is 2.00 bits per heavy atom. The molecule has 0 fully saturated rings. The monoisotopic (exact) mass is 390 g/mol. The summed E-state index contributed by atoms with van der Waals surface area (Å²) in [6, 6.07) is 5.56. The summed E-state index contributed by atoms with van der Waals surface area (Å²) >= 11 is 3.38. The number of aryl methyl sites for hydroxylation is 1.